The van der Waals surface area contributed by atoms with Gasteiger partial charge in [0.15, 0.2) is 0 Å². The van der Waals surface area contributed by atoms with Crippen LogP contribution in [0.5, 0.6) is 0 Å². The van der Waals surface area contributed by atoms with Gasteiger partial charge in [0, 0.05) is 19.1 Å². The molecule has 9 heteroatoms. The number of sulfonamides is 1. The van der Waals surface area contributed by atoms with E-state index in [-0.39, 0.29) is 17.4 Å². The van der Waals surface area contributed by atoms with Crippen molar-refractivity contribution in [2.24, 2.45) is 17.1 Å². The van der Waals surface area contributed by atoms with Crippen LogP contribution in [0, 0.1) is 11.3 Å². The van der Waals surface area contributed by atoms with Crippen molar-refractivity contribution in [3.8, 4) is 0 Å². The van der Waals surface area contributed by atoms with E-state index in [4.69, 9.17) is 18.0 Å². The van der Waals surface area contributed by atoms with Crippen LogP contribution in [0.15, 0.2) is 0 Å². The van der Waals surface area contributed by atoms with E-state index in [1.54, 1.807) is 0 Å². The second-order valence-electron chi connectivity index (χ2n) is 9.38. The molecule has 0 spiro atoms. The highest BCUT2D eigenvalue weighted by molar-refractivity contribution is 7.88. The lowest BCUT2D eigenvalue weighted by atomic mass is 9.82. The second kappa shape index (κ2) is 10.0. The number of nitrogens with two attached hydrogens (primary N) is 1. The first-order valence-electron chi connectivity index (χ1n) is 10.8. The van der Waals surface area contributed by atoms with Gasteiger partial charge in [-0.05, 0) is 56.3 Å². The summed E-state index contributed by atoms with van der Waals surface area (Å²) in [5, 5.41) is 3.11. The van der Waals surface area contributed by atoms with Crippen molar-refractivity contribution >= 4 is 33.1 Å². The van der Waals surface area contributed by atoms with E-state index in [0.717, 1.165) is 51.2 Å². The number of hydrogen-bond acceptors (Lipinski definition) is 5. The Labute approximate surface area is 181 Å². The lowest BCUT2D eigenvalue weighted by molar-refractivity contribution is -0.124. The molecule has 168 valence electrons. The third-order valence-corrected chi connectivity index (χ3v) is 7.70. The van der Waals surface area contributed by atoms with E-state index in [2.05, 4.69) is 10.0 Å². The van der Waals surface area contributed by atoms with Gasteiger partial charge < -0.3 is 16.0 Å². The zero-order chi connectivity index (χ0) is 21.8. The average Bonchev–Trinajstić information content (AvgIpc) is 3.14. The minimum atomic E-state index is -3.43. The van der Waals surface area contributed by atoms with E-state index in [1.165, 1.54) is 0 Å². The Morgan fingerprint density at radius 3 is 2.41 bits per heavy atom. The van der Waals surface area contributed by atoms with Crippen LogP contribution in [0.4, 0.5) is 0 Å². The maximum atomic E-state index is 12.9. The maximum absolute atomic E-state index is 12.9. The summed E-state index contributed by atoms with van der Waals surface area (Å²) in [5.41, 5.74) is 5.61. The average molecular weight is 447 g/mol. The number of carbonyl (C=O) groups excluding carboxylic acids is 1. The predicted molar refractivity (Wildman–Crippen MR) is 121 cm³/mol. The van der Waals surface area contributed by atoms with E-state index in [9.17, 15) is 13.2 Å². The summed E-state index contributed by atoms with van der Waals surface area (Å²) in [5.74, 6) is 0.478. The summed E-state index contributed by atoms with van der Waals surface area (Å²) in [6, 6.07) is -0.554. The van der Waals surface area contributed by atoms with Crippen LogP contribution in [-0.4, -0.2) is 61.7 Å². The molecule has 0 bridgehead atoms. The van der Waals surface area contributed by atoms with Crippen molar-refractivity contribution < 1.29 is 13.2 Å². The summed E-state index contributed by atoms with van der Waals surface area (Å²) >= 11 is 5.74. The van der Waals surface area contributed by atoms with Crippen LogP contribution in [-0.2, 0) is 14.8 Å². The molecule has 1 heterocycles. The fourth-order valence-electron chi connectivity index (χ4n) is 4.19. The van der Waals surface area contributed by atoms with Gasteiger partial charge >= 0.3 is 0 Å². The molecule has 1 aliphatic heterocycles. The smallest absolute Gasteiger partial charge is 0.242 e. The lowest BCUT2D eigenvalue weighted by Gasteiger charge is -2.39. The Kier molecular flexibility index (Phi) is 8.47. The van der Waals surface area contributed by atoms with E-state index >= 15 is 0 Å². The van der Waals surface area contributed by atoms with Crippen LogP contribution in [0.3, 0.4) is 0 Å². The van der Waals surface area contributed by atoms with Gasteiger partial charge in [-0.15, -0.1) is 0 Å². The summed E-state index contributed by atoms with van der Waals surface area (Å²) in [6.07, 6.45) is 7.66. The lowest BCUT2D eigenvalue weighted by Crippen LogP contribution is -2.57. The molecule has 0 radical (unpaired) electrons. The van der Waals surface area contributed by atoms with Crippen LogP contribution < -0.4 is 15.8 Å². The molecule has 2 atom stereocenters. The highest BCUT2D eigenvalue weighted by Crippen LogP contribution is 2.30. The summed E-state index contributed by atoms with van der Waals surface area (Å²) in [6.45, 7) is 7.37. The molecule has 2 fully saturated rings. The summed E-state index contributed by atoms with van der Waals surface area (Å²) in [4.78, 5) is 15.4. The van der Waals surface area contributed by atoms with Gasteiger partial charge in [0.25, 0.3) is 0 Å². The van der Waals surface area contributed by atoms with E-state index in [1.807, 2.05) is 25.7 Å². The van der Waals surface area contributed by atoms with Crippen molar-refractivity contribution in [1.82, 2.24) is 14.9 Å². The Morgan fingerprint density at radius 1 is 1.24 bits per heavy atom. The second-order valence-corrected chi connectivity index (χ2v) is 11.6. The number of nitrogens with zero attached hydrogens (tertiary/aromatic N) is 1. The Morgan fingerprint density at radius 2 is 1.86 bits per heavy atom. The van der Waals surface area contributed by atoms with Crippen molar-refractivity contribution in [1.29, 1.82) is 0 Å². The predicted octanol–water partition coefficient (Wildman–Crippen LogP) is 1.77. The van der Waals surface area contributed by atoms with Gasteiger partial charge in [-0.25, -0.2) is 13.1 Å². The highest BCUT2D eigenvalue weighted by Gasteiger charge is 2.40. The molecule has 29 heavy (non-hydrogen) atoms. The molecular weight excluding hydrogens is 408 g/mol. The van der Waals surface area contributed by atoms with Gasteiger partial charge in [0.05, 0.1) is 17.3 Å². The summed E-state index contributed by atoms with van der Waals surface area (Å²) in [7, 11) is -3.43. The minimum absolute atomic E-state index is 0.00729. The third-order valence-electron chi connectivity index (χ3n) is 6.57. The molecule has 2 aliphatic rings. The molecular formula is C20H38N4O3S2. The van der Waals surface area contributed by atoms with E-state index in [0.29, 0.717) is 30.0 Å². The molecule has 1 saturated heterocycles. The number of hydrogen-bond donors (Lipinski definition) is 3. The quantitative estimate of drug-likeness (QED) is 0.491. The Hall–Kier alpha value is -0.770. The van der Waals surface area contributed by atoms with Crippen molar-refractivity contribution in [3.63, 3.8) is 0 Å². The molecule has 1 saturated carbocycles. The number of carbonyl (C=O) groups is 1. The molecule has 4 N–H and O–H groups in total. The first kappa shape index (κ1) is 24.5. The topological polar surface area (TPSA) is 105 Å². The fourth-order valence-corrected chi connectivity index (χ4v) is 5.72. The Bertz CT molecular complexity index is 688. The first-order valence-corrected chi connectivity index (χ1v) is 13.1. The van der Waals surface area contributed by atoms with Crippen LogP contribution in [0.2, 0.25) is 0 Å². The van der Waals surface area contributed by atoms with Gasteiger partial charge in [-0.2, -0.15) is 0 Å². The Balaban J connectivity index is 2.04. The molecule has 0 aromatic carbocycles. The SMILES string of the molecule is CCC(C)(C)[C@H](NS(C)(=O)=O)C(=S)N1CCC[C@H]1C(=O)NCC1CCC(N)CC1. The highest BCUT2D eigenvalue weighted by atomic mass is 32.2. The van der Waals surface area contributed by atoms with Gasteiger partial charge in [-0.3, -0.25) is 4.79 Å². The van der Waals surface area contributed by atoms with Gasteiger partial charge in [0.1, 0.15) is 6.04 Å². The van der Waals surface area contributed by atoms with Gasteiger partial charge in [-0.1, -0.05) is 33.0 Å². The van der Waals surface area contributed by atoms with Crippen LogP contribution >= 0.6 is 12.2 Å². The molecule has 7 nitrogen and oxygen atoms in total. The van der Waals surface area contributed by atoms with Crippen molar-refractivity contribution in [2.45, 2.75) is 83.8 Å². The third kappa shape index (κ3) is 6.87. The number of nitrogens with one attached hydrogen (secondary N) is 2. The zero-order valence-electron chi connectivity index (χ0n) is 18.2. The fraction of sp³-hybridized carbons (Fsp3) is 0.900. The molecule has 0 unspecified atom stereocenters. The van der Waals surface area contributed by atoms with E-state index < -0.39 is 16.1 Å². The molecule has 0 aromatic heterocycles. The molecule has 2 rings (SSSR count). The molecule has 1 amide bonds. The van der Waals surface area contributed by atoms with Crippen molar-refractivity contribution in [2.75, 3.05) is 19.3 Å². The first-order chi connectivity index (χ1) is 13.4. The number of thiocarbonyl (C=S) groups is 1. The maximum Gasteiger partial charge on any atom is 0.242 e. The number of rotatable bonds is 8. The van der Waals surface area contributed by atoms with Crippen LogP contribution in [0.25, 0.3) is 0 Å². The number of amides is 1. The summed E-state index contributed by atoms with van der Waals surface area (Å²) < 4.78 is 26.6. The standard InChI is InChI=1S/C20H38N4O3S2/c1-5-20(2,3)17(23-29(4,26)27)19(28)24-12-6-7-16(24)18(25)22-13-14-8-10-15(21)11-9-14/h14-17,23H,5-13,21H2,1-4H3,(H,22,25)/t14?,15?,16-,17+/m0/s1. The zero-order valence-corrected chi connectivity index (χ0v) is 19.9. The molecule has 1 aliphatic carbocycles. The molecule has 0 aromatic rings. The largest absolute Gasteiger partial charge is 0.354 e. The minimum Gasteiger partial charge on any atom is -0.354 e. The number of likely N-dealkylation sites (tertiary alicyclic amines) is 1. The normalized spacial score (nSPS) is 26.9. The van der Waals surface area contributed by atoms with Crippen LogP contribution in [0.1, 0.15) is 65.7 Å². The monoisotopic (exact) mass is 446 g/mol. The van der Waals surface area contributed by atoms with Gasteiger partial charge in [0.2, 0.25) is 15.9 Å². The van der Waals surface area contributed by atoms with Crippen molar-refractivity contribution in [3.05, 3.63) is 0 Å².